The highest BCUT2D eigenvalue weighted by atomic mass is 15.2. The summed E-state index contributed by atoms with van der Waals surface area (Å²) in [5.74, 6) is 0. The summed E-state index contributed by atoms with van der Waals surface area (Å²) in [4.78, 5) is 2.39. The minimum atomic E-state index is 1.00. The first-order chi connectivity index (χ1) is 6.36. The van der Waals surface area contributed by atoms with Gasteiger partial charge in [-0.15, -0.1) is 0 Å². The van der Waals surface area contributed by atoms with E-state index in [0.717, 1.165) is 5.69 Å². The number of aryl methyl sites for hydroxylation is 1. The summed E-state index contributed by atoms with van der Waals surface area (Å²) in [6.45, 7) is 4.33. The van der Waals surface area contributed by atoms with Gasteiger partial charge in [0.1, 0.15) is 0 Å². The highest BCUT2D eigenvalue weighted by molar-refractivity contribution is 5.44. The fourth-order valence-corrected chi connectivity index (χ4v) is 1.78. The second-order valence-electron chi connectivity index (χ2n) is 3.60. The normalized spacial score (nSPS) is 17.5. The van der Waals surface area contributed by atoms with E-state index in [4.69, 9.17) is 0 Å². The molecule has 1 fully saturated rings. The molecule has 0 unspecified atom stereocenters. The molecule has 1 aromatic heterocycles. The van der Waals surface area contributed by atoms with Gasteiger partial charge in [0.25, 0.3) is 0 Å². The summed E-state index contributed by atoms with van der Waals surface area (Å²) in [5, 5.41) is 7.93. The summed E-state index contributed by atoms with van der Waals surface area (Å²) in [5.41, 5.74) is 2.23. The van der Waals surface area contributed by atoms with Crippen molar-refractivity contribution in [3.05, 3.63) is 18.0 Å². The van der Waals surface area contributed by atoms with Crippen LogP contribution >= 0.6 is 0 Å². The monoisotopic (exact) mass is 177 g/mol. The number of hydrogen-bond acceptors (Lipinski definition) is 3. The average molecular weight is 177 g/mol. The molecule has 0 bridgehead atoms. The second kappa shape index (κ2) is 3.73. The third-order valence-corrected chi connectivity index (χ3v) is 2.48. The molecule has 70 valence electrons. The molecule has 0 radical (unpaired) electrons. The lowest BCUT2D eigenvalue weighted by Crippen LogP contribution is -2.29. The molecule has 2 heterocycles. The second-order valence-corrected chi connectivity index (χ2v) is 3.60. The Kier molecular flexibility index (Phi) is 2.43. The molecule has 0 spiro atoms. The highest BCUT2D eigenvalue weighted by Gasteiger charge is 2.10. The van der Waals surface area contributed by atoms with E-state index in [-0.39, 0.29) is 0 Å². The molecule has 0 aromatic carbocycles. The molecule has 13 heavy (non-hydrogen) atoms. The lowest BCUT2D eigenvalue weighted by molar-refractivity contribution is 0.576. The Morgan fingerprint density at radius 3 is 2.69 bits per heavy atom. The summed E-state index contributed by atoms with van der Waals surface area (Å²) >= 11 is 0. The molecule has 0 saturated carbocycles. The molecule has 1 saturated heterocycles. The van der Waals surface area contributed by atoms with Crippen molar-refractivity contribution in [3.8, 4) is 0 Å². The van der Waals surface area contributed by atoms with Crippen LogP contribution in [0.15, 0.2) is 12.3 Å². The molecule has 0 N–H and O–H groups in total. The van der Waals surface area contributed by atoms with E-state index >= 15 is 0 Å². The number of aromatic nitrogens is 2. The molecule has 0 amide bonds. The summed E-state index contributed by atoms with van der Waals surface area (Å²) in [7, 11) is 0. The van der Waals surface area contributed by atoms with Gasteiger partial charge in [-0.25, -0.2) is 0 Å². The smallest absolute Gasteiger partial charge is 0.0730 e. The standard InChI is InChI=1S/C10H15N3/c1-9-7-10(8-11-12-9)13-5-3-2-4-6-13/h7-8H,2-6H2,1H3. The fourth-order valence-electron chi connectivity index (χ4n) is 1.78. The van der Waals surface area contributed by atoms with Crippen molar-refractivity contribution in [2.24, 2.45) is 0 Å². The van der Waals surface area contributed by atoms with Crippen LogP contribution in [0.3, 0.4) is 0 Å². The zero-order valence-electron chi connectivity index (χ0n) is 8.03. The first-order valence-corrected chi connectivity index (χ1v) is 4.90. The third kappa shape index (κ3) is 1.97. The van der Waals surface area contributed by atoms with Gasteiger partial charge >= 0.3 is 0 Å². The first kappa shape index (κ1) is 8.48. The topological polar surface area (TPSA) is 29.0 Å². The fraction of sp³-hybridized carbons (Fsp3) is 0.600. The zero-order chi connectivity index (χ0) is 9.10. The van der Waals surface area contributed by atoms with E-state index in [9.17, 15) is 0 Å². The Labute approximate surface area is 78.8 Å². The number of hydrogen-bond donors (Lipinski definition) is 0. The SMILES string of the molecule is Cc1cc(N2CCCCC2)cnn1. The van der Waals surface area contributed by atoms with Crippen LogP contribution in [-0.4, -0.2) is 23.3 Å². The van der Waals surface area contributed by atoms with Crippen LogP contribution < -0.4 is 4.90 Å². The van der Waals surface area contributed by atoms with Gasteiger partial charge in [0, 0.05) is 13.1 Å². The average Bonchev–Trinajstić information content (AvgIpc) is 2.19. The van der Waals surface area contributed by atoms with Crippen LogP contribution in [0.1, 0.15) is 25.0 Å². The molecule has 0 atom stereocenters. The molecule has 2 rings (SSSR count). The van der Waals surface area contributed by atoms with Crippen LogP contribution in [0.25, 0.3) is 0 Å². The minimum absolute atomic E-state index is 1.00. The highest BCUT2D eigenvalue weighted by Crippen LogP contribution is 2.18. The predicted molar refractivity (Wildman–Crippen MR) is 52.8 cm³/mol. The molecule has 1 aromatic rings. The Morgan fingerprint density at radius 2 is 2.00 bits per heavy atom. The molecule has 1 aliphatic rings. The molecule has 3 nitrogen and oxygen atoms in total. The van der Waals surface area contributed by atoms with E-state index in [1.54, 1.807) is 0 Å². The van der Waals surface area contributed by atoms with Gasteiger partial charge in [-0.1, -0.05) is 0 Å². The van der Waals surface area contributed by atoms with Crippen molar-refractivity contribution in [3.63, 3.8) is 0 Å². The van der Waals surface area contributed by atoms with Crippen molar-refractivity contribution in [2.45, 2.75) is 26.2 Å². The summed E-state index contributed by atoms with van der Waals surface area (Å²) in [6.07, 6.45) is 5.84. The van der Waals surface area contributed by atoms with Crippen LogP contribution in [0.5, 0.6) is 0 Å². The van der Waals surface area contributed by atoms with E-state index in [0.29, 0.717) is 0 Å². The van der Waals surface area contributed by atoms with E-state index < -0.39 is 0 Å². The van der Waals surface area contributed by atoms with Crippen LogP contribution in [0, 0.1) is 6.92 Å². The quantitative estimate of drug-likeness (QED) is 0.654. The van der Waals surface area contributed by atoms with Gasteiger partial charge in [-0.05, 0) is 32.3 Å². The molecule has 1 aliphatic heterocycles. The molecular formula is C10H15N3. The first-order valence-electron chi connectivity index (χ1n) is 4.90. The van der Waals surface area contributed by atoms with Crippen molar-refractivity contribution < 1.29 is 0 Å². The van der Waals surface area contributed by atoms with E-state index in [1.165, 1.54) is 38.0 Å². The Bertz CT molecular complexity index is 279. The Morgan fingerprint density at radius 1 is 1.23 bits per heavy atom. The maximum Gasteiger partial charge on any atom is 0.0730 e. The van der Waals surface area contributed by atoms with Crippen molar-refractivity contribution in [1.82, 2.24) is 10.2 Å². The van der Waals surface area contributed by atoms with Crippen LogP contribution in [-0.2, 0) is 0 Å². The number of rotatable bonds is 1. The van der Waals surface area contributed by atoms with Crippen molar-refractivity contribution in [1.29, 1.82) is 0 Å². The molecular weight excluding hydrogens is 162 g/mol. The van der Waals surface area contributed by atoms with Crippen molar-refractivity contribution in [2.75, 3.05) is 18.0 Å². The van der Waals surface area contributed by atoms with Gasteiger partial charge in [0.05, 0.1) is 17.6 Å². The maximum absolute atomic E-state index is 3.97. The zero-order valence-corrected chi connectivity index (χ0v) is 8.03. The van der Waals surface area contributed by atoms with Crippen LogP contribution in [0.2, 0.25) is 0 Å². The lowest BCUT2D eigenvalue weighted by Gasteiger charge is -2.28. The van der Waals surface area contributed by atoms with Gasteiger partial charge in [0.15, 0.2) is 0 Å². The Hall–Kier alpha value is -1.12. The molecule has 0 aliphatic carbocycles. The minimum Gasteiger partial charge on any atom is -0.370 e. The number of piperidine rings is 1. The van der Waals surface area contributed by atoms with E-state index in [1.807, 2.05) is 13.1 Å². The largest absolute Gasteiger partial charge is 0.370 e. The van der Waals surface area contributed by atoms with Gasteiger partial charge in [-0.2, -0.15) is 10.2 Å². The summed E-state index contributed by atoms with van der Waals surface area (Å²) in [6, 6.07) is 2.11. The Balaban J connectivity index is 2.14. The molecule has 3 heteroatoms. The summed E-state index contributed by atoms with van der Waals surface area (Å²) < 4.78 is 0. The van der Waals surface area contributed by atoms with Gasteiger partial charge in [0.2, 0.25) is 0 Å². The van der Waals surface area contributed by atoms with Gasteiger partial charge < -0.3 is 4.90 Å². The lowest BCUT2D eigenvalue weighted by atomic mass is 10.1. The van der Waals surface area contributed by atoms with Gasteiger partial charge in [-0.3, -0.25) is 0 Å². The number of nitrogens with zero attached hydrogens (tertiary/aromatic N) is 3. The maximum atomic E-state index is 3.97. The van der Waals surface area contributed by atoms with Crippen molar-refractivity contribution >= 4 is 5.69 Å². The number of anilines is 1. The van der Waals surface area contributed by atoms with Crippen LogP contribution in [0.4, 0.5) is 5.69 Å². The third-order valence-electron chi connectivity index (χ3n) is 2.48. The van der Waals surface area contributed by atoms with E-state index in [2.05, 4.69) is 21.2 Å². The predicted octanol–water partition coefficient (Wildman–Crippen LogP) is 1.78.